The molecule has 7 nitrogen and oxygen atoms in total. The van der Waals surface area contributed by atoms with Crippen LogP contribution >= 0.6 is 0 Å². The first-order valence-corrected chi connectivity index (χ1v) is 10.8. The maximum Gasteiger partial charge on any atom is 0.248 e. The smallest absolute Gasteiger partial charge is 0.248 e. The van der Waals surface area contributed by atoms with Crippen LogP contribution in [0.5, 0.6) is 0 Å². The van der Waals surface area contributed by atoms with Gasteiger partial charge < -0.3 is 10.3 Å². The molecule has 0 bridgehead atoms. The Bertz CT molecular complexity index is 984. The van der Waals surface area contributed by atoms with Crippen molar-refractivity contribution in [1.29, 1.82) is 0 Å². The fourth-order valence-electron chi connectivity index (χ4n) is 3.49. The first kappa shape index (κ1) is 19.6. The highest BCUT2D eigenvalue weighted by Gasteiger charge is 2.23. The average Bonchev–Trinajstić information content (AvgIpc) is 2.63. The zero-order valence-electron chi connectivity index (χ0n) is 15.3. The third-order valence-electron chi connectivity index (χ3n) is 5.11. The molecule has 0 saturated heterocycles. The minimum atomic E-state index is -3.72. The molecular weight excluding hydrogens is 366 g/mol. The zero-order chi connectivity index (χ0) is 19.4. The molecule has 0 radical (unpaired) electrons. The molecule has 8 heteroatoms. The van der Waals surface area contributed by atoms with Gasteiger partial charge in [0.1, 0.15) is 0 Å². The Morgan fingerprint density at radius 2 is 1.96 bits per heavy atom. The van der Waals surface area contributed by atoms with E-state index in [0.717, 1.165) is 19.3 Å². The number of hydrogen-bond acceptors (Lipinski definition) is 4. The van der Waals surface area contributed by atoms with Crippen LogP contribution in [0.3, 0.4) is 0 Å². The lowest BCUT2D eigenvalue weighted by molar-refractivity contribution is -0.122. The molecule has 1 saturated carbocycles. The summed E-state index contributed by atoms with van der Waals surface area (Å²) in [6.07, 6.45) is 4.52. The van der Waals surface area contributed by atoms with E-state index in [4.69, 9.17) is 0 Å². The van der Waals surface area contributed by atoms with Gasteiger partial charge in [0.25, 0.3) is 0 Å². The molecule has 1 aromatic heterocycles. The molecule has 2 unspecified atom stereocenters. The molecule has 146 valence electrons. The van der Waals surface area contributed by atoms with Gasteiger partial charge in [0.05, 0.1) is 4.90 Å². The third kappa shape index (κ3) is 4.95. The van der Waals surface area contributed by atoms with Crippen LogP contribution in [0.1, 0.15) is 39.0 Å². The van der Waals surface area contributed by atoms with E-state index in [9.17, 15) is 18.0 Å². The van der Waals surface area contributed by atoms with Gasteiger partial charge in [-0.25, -0.2) is 13.1 Å². The monoisotopic (exact) mass is 391 g/mol. The Hall–Kier alpha value is -2.19. The number of amides is 1. The molecule has 1 fully saturated rings. The first-order valence-electron chi connectivity index (χ1n) is 9.27. The molecule has 2 aromatic rings. The SMILES string of the molecule is CC1CCCCC1NC(=O)CCNS(=O)(=O)c1ccc2[nH]c(=O)ccc2c1. The van der Waals surface area contributed by atoms with Crippen LogP contribution in [0.2, 0.25) is 0 Å². The van der Waals surface area contributed by atoms with E-state index in [1.807, 2.05) is 0 Å². The van der Waals surface area contributed by atoms with Crippen LogP contribution in [-0.4, -0.2) is 31.9 Å². The van der Waals surface area contributed by atoms with E-state index in [2.05, 4.69) is 21.9 Å². The molecule has 1 heterocycles. The summed E-state index contributed by atoms with van der Waals surface area (Å²) in [5, 5.41) is 3.64. The standard InChI is InChI=1S/C19H25N3O4S/c1-13-4-2-3-5-16(13)21-19(24)10-11-20-27(25,26)15-7-8-17-14(12-15)6-9-18(23)22-17/h6-9,12-13,16,20H,2-5,10-11H2,1H3,(H,21,24)(H,22,23). The van der Waals surface area contributed by atoms with E-state index in [1.54, 1.807) is 12.1 Å². The Balaban J connectivity index is 1.57. The summed E-state index contributed by atoms with van der Waals surface area (Å²) < 4.78 is 27.4. The minimum Gasteiger partial charge on any atom is -0.353 e. The molecule has 3 N–H and O–H groups in total. The van der Waals surface area contributed by atoms with Gasteiger partial charge in [-0.15, -0.1) is 0 Å². The van der Waals surface area contributed by atoms with Crippen LogP contribution in [0.4, 0.5) is 0 Å². The van der Waals surface area contributed by atoms with Gasteiger partial charge in [-0.05, 0) is 48.4 Å². The summed E-state index contributed by atoms with van der Waals surface area (Å²) in [4.78, 5) is 26.2. The highest BCUT2D eigenvalue weighted by molar-refractivity contribution is 7.89. The van der Waals surface area contributed by atoms with Crippen LogP contribution in [0.15, 0.2) is 40.0 Å². The zero-order valence-corrected chi connectivity index (χ0v) is 16.1. The quantitative estimate of drug-likeness (QED) is 0.699. The second-order valence-corrected chi connectivity index (χ2v) is 8.92. The summed E-state index contributed by atoms with van der Waals surface area (Å²) in [6.45, 7) is 2.18. The summed E-state index contributed by atoms with van der Waals surface area (Å²) in [7, 11) is -3.72. The molecule has 0 spiro atoms. The first-order chi connectivity index (χ1) is 12.8. The van der Waals surface area contributed by atoms with Crippen LogP contribution in [-0.2, 0) is 14.8 Å². The van der Waals surface area contributed by atoms with Gasteiger partial charge >= 0.3 is 0 Å². The summed E-state index contributed by atoms with van der Waals surface area (Å²) in [5.74, 6) is 0.330. The number of nitrogens with one attached hydrogen (secondary N) is 3. The highest BCUT2D eigenvalue weighted by Crippen LogP contribution is 2.23. The summed E-state index contributed by atoms with van der Waals surface area (Å²) in [6, 6.07) is 7.60. The number of benzene rings is 1. The van der Waals surface area contributed by atoms with Crippen molar-refractivity contribution in [2.24, 2.45) is 5.92 Å². The number of fused-ring (bicyclic) bond motifs is 1. The lowest BCUT2D eigenvalue weighted by Gasteiger charge is -2.29. The van der Waals surface area contributed by atoms with Crippen molar-refractivity contribution in [3.8, 4) is 0 Å². The van der Waals surface area contributed by atoms with Gasteiger partial charge in [-0.2, -0.15) is 0 Å². The van der Waals surface area contributed by atoms with Crippen LogP contribution < -0.4 is 15.6 Å². The van der Waals surface area contributed by atoms with E-state index >= 15 is 0 Å². The maximum atomic E-state index is 12.5. The van der Waals surface area contributed by atoms with Crippen LogP contribution in [0, 0.1) is 5.92 Å². The molecule has 0 aliphatic heterocycles. The van der Waals surface area contributed by atoms with Crippen molar-refractivity contribution in [3.63, 3.8) is 0 Å². The van der Waals surface area contributed by atoms with E-state index in [-0.39, 0.29) is 35.4 Å². The Labute approximate surface area is 158 Å². The van der Waals surface area contributed by atoms with Crippen molar-refractivity contribution in [1.82, 2.24) is 15.0 Å². The van der Waals surface area contributed by atoms with Crippen LogP contribution in [0.25, 0.3) is 10.9 Å². The fraction of sp³-hybridized carbons (Fsp3) is 0.474. The number of H-pyrrole nitrogens is 1. The molecule has 2 atom stereocenters. The molecule has 1 aromatic carbocycles. The van der Waals surface area contributed by atoms with E-state index in [1.165, 1.54) is 24.6 Å². The molecule has 3 rings (SSSR count). The molecule has 1 aliphatic rings. The fourth-order valence-corrected chi connectivity index (χ4v) is 4.56. The van der Waals surface area contributed by atoms with Gasteiger partial charge in [-0.3, -0.25) is 9.59 Å². The van der Waals surface area contributed by atoms with Crippen molar-refractivity contribution < 1.29 is 13.2 Å². The lowest BCUT2D eigenvalue weighted by Crippen LogP contribution is -2.42. The molecular formula is C19H25N3O4S. The number of carbonyl (C=O) groups excluding carboxylic acids is 1. The Morgan fingerprint density at radius 1 is 1.19 bits per heavy atom. The topological polar surface area (TPSA) is 108 Å². The molecule has 27 heavy (non-hydrogen) atoms. The minimum absolute atomic E-state index is 0.0406. The average molecular weight is 391 g/mol. The van der Waals surface area contributed by atoms with E-state index < -0.39 is 10.0 Å². The van der Waals surface area contributed by atoms with Gasteiger partial charge in [0, 0.05) is 30.6 Å². The number of pyridine rings is 1. The van der Waals surface area contributed by atoms with E-state index in [0.29, 0.717) is 16.8 Å². The summed E-state index contributed by atoms with van der Waals surface area (Å²) in [5.41, 5.74) is 0.331. The van der Waals surface area contributed by atoms with Crippen molar-refractivity contribution in [2.75, 3.05) is 6.54 Å². The summed E-state index contributed by atoms with van der Waals surface area (Å²) >= 11 is 0. The highest BCUT2D eigenvalue weighted by atomic mass is 32.2. The lowest BCUT2D eigenvalue weighted by atomic mass is 9.86. The number of hydrogen-bond donors (Lipinski definition) is 3. The predicted molar refractivity (Wildman–Crippen MR) is 104 cm³/mol. The normalized spacial score (nSPS) is 20.5. The number of aromatic nitrogens is 1. The van der Waals surface area contributed by atoms with Crippen molar-refractivity contribution in [2.45, 2.75) is 50.0 Å². The Morgan fingerprint density at radius 3 is 2.74 bits per heavy atom. The predicted octanol–water partition coefficient (Wildman–Crippen LogP) is 1.89. The van der Waals surface area contributed by atoms with Gasteiger partial charge in [0.2, 0.25) is 21.5 Å². The largest absolute Gasteiger partial charge is 0.353 e. The van der Waals surface area contributed by atoms with Crippen molar-refractivity contribution >= 4 is 26.8 Å². The molecule has 1 aliphatic carbocycles. The number of carbonyl (C=O) groups is 1. The number of sulfonamides is 1. The van der Waals surface area contributed by atoms with Gasteiger partial charge in [-0.1, -0.05) is 19.8 Å². The molecule has 1 amide bonds. The Kier molecular flexibility index (Phi) is 5.96. The third-order valence-corrected chi connectivity index (χ3v) is 6.57. The second-order valence-electron chi connectivity index (χ2n) is 7.16. The number of aromatic amines is 1. The van der Waals surface area contributed by atoms with Crippen molar-refractivity contribution in [3.05, 3.63) is 40.7 Å². The number of rotatable bonds is 6. The second kappa shape index (κ2) is 8.22. The maximum absolute atomic E-state index is 12.5. The van der Waals surface area contributed by atoms with Gasteiger partial charge in [0.15, 0.2) is 0 Å².